The number of benzene rings is 3. The maximum absolute atomic E-state index is 14.8. The fraction of sp³-hybridized carbons (Fsp3) is 0.214. The Morgan fingerprint density at radius 2 is 1.56 bits per heavy atom. The van der Waals surface area contributed by atoms with Crippen molar-refractivity contribution in [2.45, 2.75) is 32.2 Å². The molecule has 5 nitrogen and oxygen atoms in total. The molecular formula is C28H24F3NO4. The van der Waals surface area contributed by atoms with Crippen molar-refractivity contribution in [2.75, 3.05) is 12.0 Å². The minimum absolute atomic E-state index is 0.148. The summed E-state index contributed by atoms with van der Waals surface area (Å²) in [7, 11) is 1.39. The van der Waals surface area contributed by atoms with Crippen LogP contribution < -0.4 is 9.64 Å². The zero-order valence-electron chi connectivity index (χ0n) is 20.1. The van der Waals surface area contributed by atoms with Crippen molar-refractivity contribution in [1.82, 2.24) is 0 Å². The topological polar surface area (TPSA) is 66.8 Å². The standard InChI is InChI=1S/C28H24F3NO4/c1-28(2,3)16-7-12-22(36-4)19(13-16)25(33)23-24(15-5-8-17(29)9-6-15)32(27(35)26(23)34)21-14-18(30)10-11-20(21)31/h5-14,24,33H,1-4H3/b25-23+. The third kappa shape index (κ3) is 4.34. The Bertz CT molecular complexity index is 1390. The van der Waals surface area contributed by atoms with Gasteiger partial charge in [0, 0.05) is 6.07 Å². The van der Waals surface area contributed by atoms with E-state index in [1.54, 1.807) is 12.1 Å². The number of carbonyl (C=O) groups is 2. The highest BCUT2D eigenvalue weighted by atomic mass is 19.1. The van der Waals surface area contributed by atoms with E-state index in [9.17, 15) is 27.9 Å². The van der Waals surface area contributed by atoms with E-state index >= 15 is 0 Å². The van der Waals surface area contributed by atoms with Gasteiger partial charge in [-0.05, 0) is 52.9 Å². The average molecular weight is 495 g/mol. The average Bonchev–Trinajstić information content (AvgIpc) is 3.10. The minimum atomic E-state index is -1.36. The van der Waals surface area contributed by atoms with E-state index in [2.05, 4.69) is 0 Å². The summed E-state index contributed by atoms with van der Waals surface area (Å²) in [5.41, 5.74) is 0.00442. The third-order valence-electron chi connectivity index (χ3n) is 6.12. The van der Waals surface area contributed by atoms with Gasteiger partial charge in [0.05, 0.1) is 30.0 Å². The molecule has 186 valence electrons. The number of aliphatic hydroxyl groups is 1. The largest absolute Gasteiger partial charge is 0.507 e. The zero-order valence-corrected chi connectivity index (χ0v) is 20.1. The molecule has 8 heteroatoms. The Labute approximate surface area is 206 Å². The van der Waals surface area contributed by atoms with Gasteiger partial charge >= 0.3 is 0 Å². The fourth-order valence-corrected chi connectivity index (χ4v) is 4.22. The van der Waals surface area contributed by atoms with Crippen molar-refractivity contribution in [3.63, 3.8) is 0 Å². The predicted molar refractivity (Wildman–Crippen MR) is 129 cm³/mol. The molecule has 3 aromatic carbocycles. The lowest BCUT2D eigenvalue weighted by Crippen LogP contribution is -2.30. The van der Waals surface area contributed by atoms with Gasteiger partial charge in [-0.15, -0.1) is 0 Å². The molecule has 0 radical (unpaired) electrons. The van der Waals surface area contributed by atoms with Crippen molar-refractivity contribution < 1.29 is 32.6 Å². The second-order valence-corrected chi connectivity index (χ2v) is 9.48. The summed E-state index contributed by atoms with van der Waals surface area (Å²) in [6.07, 6.45) is 0. The lowest BCUT2D eigenvalue weighted by molar-refractivity contribution is -0.132. The lowest BCUT2D eigenvalue weighted by Gasteiger charge is -2.26. The quantitative estimate of drug-likeness (QED) is 0.272. The van der Waals surface area contributed by atoms with Gasteiger partial charge in [0.25, 0.3) is 11.7 Å². The Morgan fingerprint density at radius 3 is 2.17 bits per heavy atom. The van der Waals surface area contributed by atoms with E-state index in [-0.39, 0.29) is 27.9 Å². The van der Waals surface area contributed by atoms with Gasteiger partial charge in [-0.1, -0.05) is 39.0 Å². The van der Waals surface area contributed by atoms with Crippen LogP contribution in [0.15, 0.2) is 66.2 Å². The Kier molecular flexibility index (Phi) is 6.39. The van der Waals surface area contributed by atoms with Crippen LogP contribution in [0.5, 0.6) is 5.75 Å². The number of Topliss-reactive ketones (excluding diaryl/α,β-unsaturated/α-hetero) is 1. The summed E-state index contributed by atoms with van der Waals surface area (Å²) in [5, 5.41) is 11.4. The predicted octanol–water partition coefficient (Wildman–Crippen LogP) is 6.04. The highest BCUT2D eigenvalue weighted by molar-refractivity contribution is 6.51. The first-order valence-electron chi connectivity index (χ1n) is 11.1. The fourth-order valence-electron chi connectivity index (χ4n) is 4.22. The van der Waals surface area contributed by atoms with Crippen LogP contribution in [-0.2, 0) is 15.0 Å². The van der Waals surface area contributed by atoms with Gasteiger partial charge in [-0.2, -0.15) is 0 Å². The van der Waals surface area contributed by atoms with E-state index in [4.69, 9.17) is 4.74 Å². The molecule has 1 aliphatic heterocycles. The van der Waals surface area contributed by atoms with Crippen LogP contribution in [0.2, 0.25) is 0 Å². The maximum atomic E-state index is 14.8. The highest BCUT2D eigenvalue weighted by Gasteiger charge is 2.48. The summed E-state index contributed by atoms with van der Waals surface area (Å²) in [5.74, 6) is -4.93. The number of rotatable bonds is 4. The number of hydrogen-bond donors (Lipinski definition) is 1. The number of aliphatic hydroxyl groups excluding tert-OH is 1. The number of carbonyl (C=O) groups excluding carboxylic acids is 2. The van der Waals surface area contributed by atoms with Crippen molar-refractivity contribution >= 4 is 23.1 Å². The second kappa shape index (κ2) is 9.18. The number of amides is 1. The molecular weight excluding hydrogens is 471 g/mol. The molecule has 0 saturated carbocycles. The van der Waals surface area contributed by atoms with Crippen LogP contribution in [0.3, 0.4) is 0 Å². The third-order valence-corrected chi connectivity index (χ3v) is 6.12. The van der Waals surface area contributed by atoms with Crippen LogP contribution >= 0.6 is 0 Å². The molecule has 0 aliphatic carbocycles. The number of nitrogens with zero attached hydrogens (tertiary/aromatic N) is 1. The van der Waals surface area contributed by atoms with Crippen LogP contribution in [0.4, 0.5) is 18.9 Å². The molecule has 1 fully saturated rings. The Balaban J connectivity index is 2.02. The molecule has 0 bridgehead atoms. The summed E-state index contributed by atoms with van der Waals surface area (Å²) in [6.45, 7) is 5.88. The summed E-state index contributed by atoms with van der Waals surface area (Å²) >= 11 is 0. The van der Waals surface area contributed by atoms with E-state index in [1.165, 1.54) is 19.2 Å². The molecule has 1 N–H and O–H groups in total. The van der Waals surface area contributed by atoms with Gasteiger partial charge in [0.1, 0.15) is 29.0 Å². The molecule has 1 aliphatic rings. The number of ketones is 1. The number of methoxy groups -OCH3 is 1. The molecule has 1 amide bonds. The van der Waals surface area contributed by atoms with Crippen LogP contribution in [0.1, 0.15) is 43.5 Å². The first-order valence-corrected chi connectivity index (χ1v) is 11.1. The minimum Gasteiger partial charge on any atom is -0.507 e. The molecule has 1 heterocycles. The normalized spacial score (nSPS) is 17.5. The van der Waals surface area contributed by atoms with E-state index in [0.717, 1.165) is 40.8 Å². The van der Waals surface area contributed by atoms with Gasteiger partial charge in [-0.25, -0.2) is 13.2 Å². The van der Waals surface area contributed by atoms with Gasteiger partial charge in [0.2, 0.25) is 0 Å². The number of halogens is 3. The summed E-state index contributed by atoms with van der Waals surface area (Å²) in [4.78, 5) is 27.3. The summed E-state index contributed by atoms with van der Waals surface area (Å²) < 4.78 is 48.0. The number of ether oxygens (including phenoxy) is 1. The molecule has 1 atom stereocenters. The molecule has 3 aromatic rings. The highest BCUT2D eigenvalue weighted by Crippen LogP contribution is 2.44. The van der Waals surface area contributed by atoms with Gasteiger partial charge in [-0.3, -0.25) is 14.5 Å². The van der Waals surface area contributed by atoms with Gasteiger partial charge < -0.3 is 9.84 Å². The van der Waals surface area contributed by atoms with Crippen LogP contribution in [0.25, 0.3) is 5.76 Å². The molecule has 0 spiro atoms. The number of anilines is 1. The Hall–Kier alpha value is -4.07. The van der Waals surface area contributed by atoms with Crippen LogP contribution in [-0.4, -0.2) is 23.9 Å². The Morgan fingerprint density at radius 1 is 0.917 bits per heavy atom. The number of hydrogen-bond acceptors (Lipinski definition) is 4. The van der Waals surface area contributed by atoms with Crippen molar-refractivity contribution in [3.05, 3.63) is 100 Å². The van der Waals surface area contributed by atoms with Crippen molar-refractivity contribution in [3.8, 4) is 5.75 Å². The lowest BCUT2D eigenvalue weighted by atomic mass is 9.85. The smallest absolute Gasteiger partial charge is 0.300 e. The van der Waals surface area contributed by atoms with E-state index in [1.807, 2.05) is 26.8 Å². The summed E-state index contributed by atoms with van der Waals surface area (Å²) in [6, 6.07) is 11.1. The van der Waals surface area contributed by atoms with E-state index in [0.29, 0.717) is 0 Å². The first-order chi connectivity index (χ1) is 16.9. The van der Waals surface area contributed by atoms with Crippen molar-refractivity contribution in [2.24, 2.45) is 0 Å². The maximum Gasteiger partial charge on any atom is 0.300 e. The molecule has 1 saturated heterocycles. The van der Waals surface area contributed by atoms with E-state index < -0.39 is 46.6 Å². The van der Waals surface area contributed by atoms with Crippen molar-refractivity contribution in [1.29, 1.82) is 0 Å². The SMILES string of the molecule is COc1ccc(C(C)(C)C)cc1/C(O)=C1\C(=O)C(=O)N(c2cc(F)ccc2F)C1c1ccc(F)cc1. The van der Waals surface area contributed by atoms with Gasteiger partial charge in [0.15, 0.2) is 0 Å². The molecule has 0 aromatic heterocycles. The zero-order chi connectivity index (χ0) is 26.4. The molecule has 1 unspecified atom stereocenters. The molecule has 4 rings (SSSR count). The first kappa shape index (κ1) is 25.0. The monoisotopic (exact) mass is 495 g/mol. The van der Waals surface area contributed by atoms with Crippen LogP contribution in [0, 0.1) is 17.5 Å². The molecule has 36 heavy (non-hydrogen) atoms. The second-order valence-electron chi connectivity index (χ2n) is 9.48.